The molecule has 0 bridgehead atoms. The Bertz CT molecular complexity index is 256. The van der Waals surface area contributed by atoms with Crippen LogP contribution in [0.15, 0.2) is 16.6 Å². The Kier molecular flexibility index (Phi) is 6.37. The maximum atomic E-state index is 5.14. The van der Waals surface area contributed by atoms with Crippen LogP contribution in [0.5, 0.6) is 11.5 Å². The summed E-state index contributed by atoms with van der Waals surface area (Å²) in [5.41, 5.74) is 1.05. The van der Waals surface area contributed by atoms with Gasteiger partial charge in [0.15, 0.2) is 0 Å². The van der Waals surface area contributed by atoms with E-state index in [-0.39, 0.29) is 0 Å². The van der Waals surface area contributed by atoms with Gasteiger partial charge in [0, 0.05) is 5.56 Å². The summed E-state index contributed by atoms with van der Waals surface area (Å²) in [6, 6.07) is 3.76. The molecule has 0 unspecified atom stereocenters. The Balaban J connectivity index is 0.000000791. The third-order valence-electron chi connectivity index (χ3n) is 1.74. The molecule has 0 N–H and O–H groups in total. The van der Waals surface area contributed by atoms with E-state index >= 15 is 0 Å². The molecule has 0 aromatic heterocycles. The first-order chi connectivity index (χ1) is 6.70. The van der Waals surface area contributed by atoms with E-state index in [0.717, 1.165) is 21.5 Å². The van der Waals surface area contributed by atoms with Gasteiger partial charge in [0.1, 0.15) is 11.5 Å². The Labute approximate surface area is 94.4 Å². The highest BCUT2D eigenvalue weighted by molar-refractivity contribution is 9.10. The number of ether oxygens (including phenoxy) is 2. The Morgan fingerprint density at radius 1 is 1.00 bits per heavy atom. The Morgan fingerprint density at radius 2 is 1.43 bits per heavy atom. The predicted molar refractivity (Wildman–Crippen MR) is 63.3 cm³/mol. The number of rotatable bonds is 2. The van der Waals surface area contributed by atoms with E-state index < -0.39 is 0 Å². The van der Waals surface area contributed by atoms with Crippen LogP contribution in [0.25, 0.3) is 0 Å². The molecule has 0 aliphatic heterocycles. The van der Waals surface area contributed by atoms with Crippen LogP contribution in [0.1, 0.15) is 19.4 Å². The molecule has 1 aromatic carbocycles. The van der Waals surface area contributed by atoms with Gasteiger partial charge >= 0.3 is 0 Å². The van der Waals surface area contributed by atoms with Crippen molar-refractivity contribution in [1.29, 1.82) is 0 Å². The molecule has 3 heteroatoms. The number of benzene rings is 1. The summed E-state index contributed by atoms with van der Waals surface area (Å²) in [5.74, 6) is 1.69. The molecule has 2 nitrogen and oxygen atoms in total. The molecule has 0 fully saturated rings. The minimum Gasteiger partial charge on any atom is -0.496 e. The number of methoxy groups -OCH3 is 2. The van der Waals surface area contributed by atoms with Crippen LogP contribution < -0.4 is 9.47 Å². The summed E-state index contributed by atoms with van der Waals surface area (Å²) >= 11 is 3.43. The second kappa shape index (κ2) is 6.71. The van der Waals surface area contributed by atoms with Gasteiger partial charge in [0.2, 0.25) is 0 Å². The van der Waals surface area contributed by atoms with Gasteiger partial charge in [-0.05, 0) is 35.0 Å². The Morgan fingerprint density at radius 3 is 1.86 bits per heavy atom. The first kappa shape index (κ1) is 13.3. The van der Waals surface area contributed by atoms with Gasteiger partial charge in [0.25, 0.3) is 0 Å². The molecule has 0 saturated carbocycles. The molecule has 0 aliphatic rings. The third kappa shape index (κ3) is 2.91. The average Bonchev–Trinajstić information content (AvgIpc) is 2.25. The number of hydrogen-bond acceptors (Lipinski definition) is 2. The average molecular weight is 261 g/mol. The lowest BCUT2D eigenvalue weighted by molar-refractivity contribution is 0.398. The van der Waals surface area contributed by atoms with Crippen molar-refractivity contribution in [2.45, 2.75) is 20.8 Å². The SMILES string of the molecule is CC.COc1ccc(OC)c(Br)c1C. The van der Waals surface area contributed by atoms with E-state index in [4.69, 9.17) is 9.47 Å². The molecule has 0 atom stereocenters. The predicted octanol–water partition coefficient (Wildman–Crippen LogP) is 3.80. The zero-order chi connectivity index (χ0) is 11.1. The topological polar surface area (TPSA) is 18.5 Å². The first-order valence-corrected chi connectivity index (χ1v) is 5.37. The third-order valence-corrected chi connectivity index (χ3v) is 2.73. The molecular formula is C11H17BrO2. The second-order valence-corrected chi connectivity index (χ2v) is 3.20. The molecule has 0 radical (unpaired) electrons. The maximum absolute atomic E-state index is 5.14. The maximum Gasteiger partial charge on any atom is 0.133 e. The minimum absolute atomic E-state index is 0.827. The monoisotopic (exact) mass is 260 g/mol. The minimum atomic E-state index is 0.827. The summed E-state index contributed by atoms with van der Waals surface area (Å²) in [5, 5.41) is 0. The fraction of sp³-hybridized carbons (Fsp3) is 0.455. The van der Waals surface area contributed by atoms with Crippen molar-refractivity contribution >= 4 is 15.9 Å². The normalized spacial score (nSPS) is 8.71. The largest absolute Gasteiger partial charge is 0.496 e. The lowest BCUT2D eigenvalue weighted by Gasteiger charge is -2.09. The standard InChI is InChI=1S/C9H11BrO2.C2H6/c1-6-7(11-2)4-5-8(12-3)9(6)10;1-2/h4-5H,1-3H3;1-2H3. The van der Waals surface area contributed by atoms with Gasteiger partial charge in [-0.1, -0.05) is 13.8 Å². The summed E-state index contributed by atoms with van der Waals surface area (Å²) in [6.07, 6.45) is 0. The molecule has 1 rings (SSSR count). The molecule has 0 saturated heterocycles. The van der Waals surface area contributed by atoms with Crippen molar-refractivity contribution in [2.24, 2.45) is 0 Å². The van der Waals surface area contributed by atoms with Gasteiger partial charge in [0.05, 0.1) is 18.7 Å². The molecule has 0 spiro atoms. The zero-order valence-corrected chi connectivity index (χ0v) is 10.9. The highest BCUT2D eigenvalue weighted by Gasteiger charge is 2.07. The van der Waals surface area contributed by atoms with Gasteiger partial charge in [-0.25, -0.2) is 0 Å². The fourth-order valence-corrected chi connectivity index (χ4v) is 1.51. The van der Waals surface area contributed by atoms with E-state index in [1.807, 2.05) is 32.9 Å². The summed E-state index contributed by atoms with van der Waals surface area (Å²) in [6.45, 7) is 5.98. The fourth-order valence-electron chi connectivity index (χ4n) is 1.02. The van der Waals surface area contributed by atoms with Crippen LogP contribution >= 0.6 is 15.9 Å². The van der Waals surface area contributed by atoms with Crippen LogP contribution in [-0.2, 0) is 0 Å². The van der Waals surface area contributed by atoms with Gasteiger partial charge in [-0.2, -0.15) is 0 Å². The molecule has 0 heterocycles. The van der Waals surface area contributed by atoms with Crippen LogP contribution in [0, 0.1) is 6.92 Å². The van der Waals surface area contributed by atoms with Crippen molar-refractivity contribution < 1.29 is 9.47 Å². The van der Waals surface area contributed by atoms with E-state index in [2.05, 4.69) is 15.9 Å². The number of hydrogen-bond donors (Lipinski definition) is 0. The first-order valence-electron chi connectivity index (χ1n) is 4.57. The van der Waals surface area contributed by atoms with Crippen molar-refractivity contribution in [3.63, 3.8) is 0 Å². The Hall–Kier alpha value is -0.700. The highest BCUT2D eigenvalue weighted by atomic mass is 79.9. The van der Waals surface area contributed by atoms with Crippen molar-refractivity contribution in [3.05, 3.63) is 22.2 Å². The van der Waals surface area contributed by atoms with E-state index in [1.165, 1.54) is 0 Å². The van der Waals surface area contributed by atoms with E-state index in [1.54, 1.807) is 14.2 Å². The van der Waals surface area contributed by atoms with E-state index in [0.29, 0.717) is 0 Å². The van der Waals surface area contributed by atoms with Crippen LogP contribution in [-0.4, -0.2) is 14.2 Å². The van der Waals surface area contributed by atoms with Crippen molar-refractivity contribution in [1.82, 2.24) is 0 Å². The summed E-state index contributed by atoms with van der Waals surface area (Å²) in [7, 11) is 3.30. The lowest BCUT2D eigenvalue weighted by atomic mass is 10.2. The zero-order valence-electron chi connectivity index (χ0n) is 9.35. The van der Waals surface area contributed by atoms with Gasteiger partial charge in [-0.15, -0.1) is 0 Å². The van der Waals surface area contributed by atoms with Crippen LogP contribution in [0.2, 0.25) is 0 Å². The molecule has 0 amide bonds. The highest BCUT2D eigenvalue weighted by Crippen LogP contribution is 2.33. The van der Waals surface area contributed by atoms with Crippen molar-refractivity contribution in [2.75, 3.05) is 14.2 Å². The molecular weight excluding hydrogens is 244 g/mol. The van der Waals surface area contributed by atoms with Crippen LogP contribution in [0.4, 0.5) is 0 Å². The van der Waals surface area contributed by atoms with Crippen molar-refractivity contribution in [3.8, 4) is 11.5 Å². The smallest absolute Gasteiger partial charge is 0.133 e. The van der Waals surface area contributed by atoms with Gasteiger partial charge < -0.3 is 9.47 Å². The van der Waals surface area contributed by atoms with Crippen LogP contribution in [0.3, 0.4) is 0 Å². The molecule has 0 aliphatic carbocycles. The second-order valence-electron chi connectivity index (χ2n) is 2.41. The molecule has 80 valence electrons. The quantitative estimate of drug-likeness (QED) is 0.806. The summed E-state index contributed by atoms with van der Waals surface area (Å²) < 4.78 is 11.2. The summed E-state index contributed by atoms with van der Waals surface area (Å²) in [4.78, 5) is 0. The van der Waals surface area contributed by atoms with Gasteiger partial charge in [-0.3, -0.25) is 0 Å². The number of halogens is 1. The van der Waals surface area contributed by atoms with E-state index in [9.17, 15) is 0 Å². The molecule has 14 heavy (non-hydrogen) atoms. The lowest BCUT2D eigenvalue weighted by Crippen LogP contribution is -1.91. The molecule has 1 aromatic rings.